The first-order valence-corrected chi connectivity index (χ1v) is 9.77. The van der Waals surface area contributed by atoms with E-state index < -0.39 is 0 Å². The van der Waals surface area contributed by atoms with Gasteiger partial charge in [-0.05, 0) is 12.0 Å². The van der Waals surface area contributed by atoms with Crippen molar-refractivity contribution in [2.45, 2.75) is 76.2 Å². The summed E-state index contributed by atoms with van der Waals surface area (Å²) in [6.45, 7) is 2.82. The lowest BCUT2D eigenvalue weighted by Gasteiger charge is -2.17. The number of aliphatic imine (C=N–C) groups is 1. The molecule has 1 fully saturated rings. The zero-order valence-corrected chi connectivity index (χ0v) is 15.5. The van der Waals surface area contributed by atoms with Gasteiger partial charge in [0.25, 0.3) is 0 Å². The van der Waals surface area contributed by atoms with Crippen LogP contribution in [0.15, 0.2) is 35.3 Å². The molecule has 2 aliphatic heterocycles. The van der Waals surface area contributed by atoms with Gasteiger partial charge in [0.15, 0.2) is 6.10 Å². The summed E-state index contributed by atoms with van der Waals surface area (Å²) in [4.78, 5) is 4.76. The maximum atomic E-state index is 6.17. The highest BCUT2D eigenvalue weighted by Gasteiger charge is 2.48. The van der Waals surface area contributed by atoms with Crippen LogP contribution in [0.5, 0.6) is 0 Å². The van der Waals surface area contributed by atoms with Crippen LogP contribution < -0.4 is 0 Å². The average molecular weight is 345 g/mol. The van der Waals surface area contributed by atoms with Crippen molar-refractivity contribution in [2.24, 2.45) is 4.99 Å². The lowest BCUT2D eigenvalue weighted by atomic mass is 10.0. The Kier molecular flexibility index (Phi) is 6.88. The van der Waals surface area contributed by atoms with Gasteiger partial charge < -0.3 is 14.2 Å². The number of nitrogens with zero attached hydrogens (tertiary/aromatic N) is 1. The molecule has 0 aliphatic carbocycles. The number of hydrogen-bond donors (Lipinski definition) is 0. The Hall–Kier alpha value is -1.39. The van der Waals surface area contributed by atoms with E-state index in [0.717, 1.165) is 17.9 Å². The predicted molar refractivity (Wildman–Crippen MR) is 100 cm³/mol. The molecule has 1 aromatic rings. The fourth-order valence-electron chi connectivity index (χ4n) is 3.54. The van der Waals surface area contributed by atoms with Gasteiger partial charge in [0.1, 0.15) is 12.1 Å². The Morgan fingerprint density at radius 3 is 2.52 bits per heavy atom. The summed E-state index contributed by atoms with van der Waals surface area (Å²) >= 11 is 0. The lowest BCUT2D eigenvalue weighted by Crippen LogP contribution is -2.19. The van der Waals surface area contributed by atoms with Gasteiger partial charge in [-0.25, -0.2) is 4.99 Å². The van der Waals surface area contributed by atoms with Gasteiger partial charge in [-0.2, -0.15) is 0 Å². The Morgan fingerprint density at radius 2 is 1.76 bits per heavy atom. The van der Waals surface area contributed by atoms with Crippen molar-refractivity contribution < 1.29 is 14.2 Å². The SMILES string of the molecule is CCCCCCCC[C@H]1O[C@H]1C1=N[C@@H](COC)[C@H](c2ccccc2)O1. The van der Waals surface area contributed by atoms with E-state index in [1.165, 1.54) is 38.5 Å². The number of unbranched alkanes of at least 4 members (excludes halogenated alkanes) is 5. The molecule has 2 aliphatic rings. The molecule has 4 heteroatoms. The van der Waals surface area contributed by atoms with Crippen molar-refractivity contribution in [3.05, 3.63) is 35.9 Å². The molecule has 4 nitrogen and oxygen atoms in total. The van der Waals surface area contributed by atoms with Gasteiger partial charge >= 0.3 is 0 Å². The maximum absolute atomic E-state index is 6.17. The summed E-state index contributed by atoms with van der Waals surface area (Å²) < 4.78 is 17.4. The quantitative estimate of drug-likeness (QED) is 0.432. The number of hydrogen-bond acceptors (Lipinski definition) is 4. The Labute approximate surface area is 151 Å². The van der Waals surface area contributed by atoms with Crippen LogP contribution in [-0.2, 0) is 14.2 Å². The van der Waals surface area contributed by atoms with E-state index in [0.29, 0.717) is 12.7 Å². The summed E-state index contributed by atoms with van der Waals surface area (Å²) in [5.74, 6) is 0.770. The van der Waals surface area contributed by atoms with E-state index in [9.17, 15) is 0 Å². The molecular weight excluding hydrogens is 314 g/mol. The van der Waals surface area contributed by atoms with Gasteiger partial charge in [-0.3, -0.25) is 0 Å². The van der Waals surface area contributed by atoms with Gasteiger partial charge in [-0.1, -0.05) is 75.8 Å². The van der Waals surface area contributed by atoms with Gasteiger partial charge in [0.05, 0.1) is 12.7 Å². The van der Waals surface area contributed by atoms with Crippen molar-refractivity contribution in [3.63, 3.8) is 0 Å². The summed E-state index contributed by atoms with van der Waals surface area (Å²) in [6, 6.07) is 10.3. The summed E-state index contributed by atoms with van der Waals surface area (Å²) in [5.41, 5.74) is 1.15. The molecule has 1 saturated heterocycles. The van der Waals surface area contributed by atoms with Crippen LogP contribution in [0.2, 0.25) is 0 Å². The van der Waals surface area contributed by atoms with Crippen molar-refractivity contribution in [2.75, 3.05) is 13.7 Å². The standard InChI is InChI=1S/C21H31NO3/c1-3-4-5-6-7-11-14-18-20(24-18)21-22-17(15-23-2)19(25-21)16-12-9-8-10-13-16/h8-10,12-13,17-20H,3-7,11,14-15H2,1-2H3/t17-,18+,19-,20+/m0/s1. The fourth-order valence-corrected chi connectivity index (χ4v) is 3.54. The minimum Gasteiger partial charge on any atom is -0.468 e. The third-order valence-corrected chi connectivity index (χ3v) is 5.02. The van der Waals surface area contributed by atoms with Crippen molar-refractivity contribution in [3.8, 4) is 0 Å². The maximum Gasteiger partial charge on any atom is 0.217 e. The van der Waals surface area contributed by atoms with Crippen LogP contribution in [0.25, 0.3) is 0 Å². The predicted octanol–water partition coefficient (Wildman–Crippen LogP) is 4.69. The third kappa shape index (κ3) is 5.05. The number of benzene rings is 1. The average Bonchev–Trinajstić information content (AvgIpc) is 3.30. The van der Waals surface area contributed by atoms with Crippen LogP contribution >= 0.6 is 0 Å². The molecule has 4 atom stereocenters. The van der Waals surface area contributed by atoms with Crippen molar-refractivity contribution in [1.29, 1.82) is 0 Å². The van der Waals surface area contributed by atoms with Crippen molar-refractivity contribution >= 4 is 5.90 Å². The van der Waals surface area contributed by atoms with E-state index in [-0.39, 0.29) is 18.2 Å². The molecule has 25 heavy (non-hydrogen) atoms. The smallest absolute Gasteiger partial charge is 0.217 e. The summed E-state index contributed by atoms with van der Waals surface area (Å²) in [6.07, 6.45) is 9.31. The molecule has 2 heterocycles. The topological polar surface area (TPSA) is 43.4 Å². The number of rotatable bonds is 11. The minimum atomic E-state index is -0.0601. The van der Waals surface area contributed by atoms with E-state index in [4.69, 9.17) is 19.2 Å². The molecule has 0 radical (unpaired) electrons. The third-order valence-electron chi connectivity index (χ3n) is 5.02. The normalized spacial score (nSPS) is 27.8. The zero-order chi connectivity index (χ0) is 17.5. The van der Waals surface area contributed by atoms with E-state index in [1.807, 2.05) is 18.2 Å². The molecular formula is C21H31NO3. The zero-order valence-electron chi connectivity index (χ0n) is 15.5. The van der Waals surface area contributed by atoms with Crippen LogP contribution in [0, 0.1) is 0 Å². The molecule has 3 rings (SSSR count). The Bertz CT molecular complexity index is 545. The number of methoxy groups -OCH3 is 1. The highest BCUT2D eigenvalue weighted by atomic mass is 16.6. The first kappa shape index (κ1) is 18.4. The van der Waals surface area contributed by atoms with Crippen molar-refractivity contribution in [1.82, 2.24) is 0 Å². The number of epoxide rings is 1. The minimum absolute atomic E-state index is 0.0151. The first-order valence-electron chi connectivity index (χ1n) is 9.77. The molecule has 0 bridgehead atoms. The van der Waals surface area contributed by atoms with Gasteiger partial charge in [0, 0.05) is 7.11 Å². The van der Waals surface area contributed by atoms with Crippen LogP contribution in [0.1, 0.15) is 63.5 Å². The van der Waals surface area contributed by atoms with Crippen LogP contribution in [-0.4, -0.2) is 37.9 Å². The van der Waals surface area contributed by atoms with Gasteiger partial charge in [0.2, 0.25) is 5.90 Å². The second-order valence-electron chi connectivity index (χ2n) is 7.09. The summed E-state index contributed by atoms with van der Waals surface area (Å²) in [7, 11) is 1.71. The molecule has 0 spiro atoms. The monoisotopic (exact) mass is 345 g/mol. The van der Waals surface area contributed by atoms with E-state index in [2.05, 4.69) is 19.1 Å². The largest absolute Gasteiger partial charge is 0.468 e. The highest BCUT2D eigenvalue weighted by Crippen LogP contribution is 2.37. The second-order valence-corrected chi connectivity index (χ2v) is 7.09. The Morgan fingerprint density at radius 1 is 1.00 bits per heavy atom. The highest BCUT2D eigenvalue weighted by molar-refractivity contribution is 5.85. The van der Waals surface area contributed by atoms with E-state index in [1.54, 1.807) is 7.11 Å². The molecule has 0 unspecified atom stereocenters. The molecule has 0 saturated carbocycles. The van der Waals surface area contributed by atoms with Crippen LogP contribution in [0.4, 0.5) is 0 Å². The first-order chi connectivity index (χ1) is 12.3. The Balaban J connectivity index is 1.46. The molecule has 138 valence electrons. The fraction of sp³-hybridized carbons (Fsp3) is 0.667. The number of ether oxygens (including phenoxy) is 3. The van der Waals surface area contributed by atoms with Crippen LogP contribution in [0.3, 0.4) is 0 Å². The molecule has 1 aromatic carbocycles. The molecule has 0 aromatic heterocycles. The molecule has 0 amide bonds. The lowest BCUT2D eigenvalue weighted by molar-refractivity contribution is 0.118. The second kappa shape index (κ2) is 9.35. The summed E-state index contributed by atoms with van der Waals surface area (Å²) in [5, 5.41) is 0. The van der Waals surface area contributed by atoms with Gasteiger partial charge in [-0.15, -0.1) is 0 Å². The molecule has 0 N–H and O–H groups in total. The van der Waals surface area contributed by atoms with E-state index >= 15 is 0 Å².